The van der Waals surface area contributed by atoms with Gasteiger partial charge in [-0.05, 0) is 50.2 Å². The second-order valence-electron chi connectivity index (χ2n) is 6.15. The van der Waals surface area contributed by atoms with E-state index in [0.29, 0.717) is 16.8 Å². The highest BCUT2D eigenvalue weighted by atomic mass is 32.2. The number of hydrogen-bond donors (Lipinski definition) is 3. The minimum Gasteiger partial charge on any atom is -0.489 e. The number of rotatable bonds is 7. The number of anilines is 2. The molecule has 0 aliphatic rings. The van der Waals surface area contributed by atoms with Gasteiger partial charge in [-0.15, -0.1) is 0 Å². The number of sulfonamides is 1. The molecule has 0 fully saturated rings. The highest BCUT2D eigenvalue weighted by molar-refractivity contribution is 7.92. The van der Waals surface area contributed by atoms with Crippen LogP contribution in [0.3, 0.4) is 0 Å². The van der Waals surface area contributed by atoms with Crippen LogP contribution in [0, 0.1) is 0 Å². The summed E-state index contributed by atoms with van der Waals surface area (Å²) in [5, 5.41) is 2.70. The summed E-state index contributed by atoms with van der Waals surface area (Å²) in [6.07, 6.45) is 0.842. The molecule has 0 heterocycles. The van der Waals surface area contributed by atoms with E-state index in [2.05, 4.69) is 10.0 Å². The van der Waals surface area contributed by atoms with Crippen molar-refractivity contribution in [1.82, 2.24) is 0 Å². The van der Waals surface area contributed by atoms with E-state index in [1.165, 1.54) is 36.4 Å². The number of carbonyl (C=O) groups excluding carboxylic acids is 2. The predicted molar refractivity (Wildman–Crippen MR) is 104 cm³/mol. The van der Waals surface area contributed by atoms with Crippen LogP contribution in [0.15, 0.2) is 42.5 Å². The molecule has 144 valence electrons. The highest BCUT2D eigenvalue weighted by Gasteiger charge is 2.13. The first-order valence-electron chi connectivity index (χ1n) is 8.05. The SMILES string of the molecule is CC(C)Oc1cc(NC(=O)c2ccc(C(N)=O)cc2)ccc1NS(C)(=O)=O. The van der Waals surface area contributed by atoms with Gasteiger partial charge in [0.15, 0.2) is 0 Å². The Bertz CT molecular complexity index is 953. The molecule has 2 aromatic rings. The summed E-state index contributed by atoms with van der Waals surface area (Å²) in [5.74, 6) is -0.686. The van der Waals surface area contributed by atoms with Crippen molar-refractivity contribution in [3.8, 4) is 5.75 Å². The molecule has 0 bridgehead atoms. The summed E-state index contributed by atoms with van der Waals surface area (Å²) < 4.78 is 31.0. The van der Waals surface area contributed by atoms with Crippen molar-refractivity contribution in [2.24, 2.45) is 5.73 Å². The van der Waals surface area contributed by atoms with E-state index in [0.717, 1.165) is 6.26 Å². The van der Waals surface area contributed by atoms with Crippen molar-refractivity contribution in [3.05, 3.63) is 53.6 Å². The van der Waals surface area contributed by atoms with Crippen molar-refractivity contribution >= 4 is 33.2 Å². The normalized spacial score (nSPS) is 11.1. The maximum absolute atomic E-state index is 12.4. The van der Waals surface area contributed by atoms with Gasteiger partial charge in [-0.25, -0.2) is 8.42 Å². The van der Waals surface area contributed by atoms with Crippen LogP contribution in [0.5, 0.6) is 5.75 Å². The van der Waals surface area contributed by atoms with Crippen LogP contribution >= 0.6 is 0 Å². The van der Waals surface area contributed by atoms with E-state index in [1.54, 1.807) is 19.9 Å². The number of amides is 2. The van der Waals surface area contributed by atoms with Crippen LogP contribution in [-0.2, 0) is 10.0 Å². The summed E-state index contributed by atoms with van der Waals surface area (Å²) in [7, 11) is -3.48. The monoisotopic (exact) mass is 391 g/mol. The standard InChI is InChI=1S/C18H21N3O5S/c1-11(2)26-16-10-14(8-9-15(16)21-27(3,24)25)20-18(23)13-6-4-12(5-7-13)17(19)22/h4-11,21H,1-3H3,(H2,19,22)(H,20,23). The van der Waals surface area contributed by atoms with E-state index in [1.807, 2.05) is 0 Å². The van der Waals surface area contributed by atoms with Gasteiger partial charge in [-0.3, -0.25) is 14.3 Å². The Hall–Kier alpha value is -3.07. The van der Waals surface area contributed by atoms with Crippen LogP contribution in [0.1, 0.15) is 34.6 Å². The molecule has 0 saturated heterocycles. The fourth-order valence-corrected chi connectivity index (χ4v) is 2.79. The third-order valence-electron chi connectivity index (χ3n) is 3.33. The molecule has 9 heteroatoms. The zero-order valence-electron chi connectivity index (χ0n) is 15.1. The van der Waals surface area contributed by atoms with Gasteiger partial charge in [0.2, 0.25) is 15.9 Å². The first-order chi connectivity index (χ1) is 12.5. The molecule has 0 atom stereocenters. The second-order valence-corrected chi connectivity index (χ2v) is 7.90. The summed E-state index contributed by atoms with van der Waals surface area (Å²) >= 11 is 0. The second kappa shape index (κ2) is 8.09. The Morgan fingerprint density at radius 3 is 2.15 bits per heavy atom. The van der Waals surface area contributed by atoms with Gasteiger partial charge in [0.25, 0.3) is 5.91 Å². The molecule has 0 unspecified atom stereocenters. The summed E-state index contributed by atoms with van der Waals surface area (Å²) in [6.45, 7) is 3.60. The lowest BCUT2D eigenvalue weighted by Gasteiger charge is -2.16. The zero-order chi connectivity index (χ0) is 20.2. The molecule has 8 nitrogen and oxygen atoms in total. The molecule has 0 radical (unpaired) electrons. The summed E-state index contributed by atoms with van der Waals surface area (Å²) in [4.78, 5) is 23.5. The molecule has 0 aliphatic carbocycles. The lowest BCUT2D eigenvalue weighted by molar-refractivity contribution is 0.0995. The molecule has 0 saturated carbocycles. The van der Waals surface area contributed by atoms with Crippen LogP contribution in [0.25, 0.3) is 0 Å². The highest BCUT2D eigenvalue weighted by Crippen LogP contribution is 2.30. The minimum absolute atomic E-state index is 0.197. The predicted octanol–water partition coefficient (Wildman–Crippen LogP) is 2.20. The van der Waals surface area contributed by atoms with Gasteiger partial charge in [0, 0.05) is 22.9 Å². The van der Waals surface area contributed by atoms with Crippen LogP contribution in [-0.4, -0.2) is 32.6 Å². The Kier molecular flexibility index (Phi) is 6.06. The number of carbonyl (C=O) groups is 2. The van der Waals surface area contributed by atoms with Gasteiger partial charge in [-0.2, -0.15) is 0 Å². The third-order valence-corrected chi connectivity index (χ3v) is 3.92. The first-order valence-corrected chi connectivity index (χ1v) is 9.94. The van der Waals surface area contributed by atoms with Crippen molar-refractivity contribution in [1.29, 1.82) is 0 Å². The van der Waals surface area contributed by atoms with Crippen molar-refractivity contribution < 1.29 is 22.7 Å². The molecule has 2 rings (SSSR count). The van der Waals surface area contributed by atoms with Gasteiger partial charge < -0.3 is 15.8 Å². The largest absolute Gasteiger partial charge is 0.489 e. The fourth-order valence-electron chi connectivity index (χ4n) is 2.22. The van der Waals surface area contributed by atoms with Crippen LogP contribution in [0.4, 0.5) is 11.4 Å². The van der Waals surface area contributed by atoms with Gasteiger partial charge in [-0.1, -0.05) is 0 Å². The fraction of sp³-hybridized carbons (Fsp3) is 0.222. The smallest absolute Gasteiger partial charge is 0.255 e. The van der Waals surface area contributed by atoms with Gasteiger partial charge >= 0.3 is 0 Å². The minimum atomic E-state index is -3.48. The average molecular weight is 391 g/mol. The molecular formula is C18H21N3O5S. The lowest BCUT2D eigenvalue weighted by atomic mass is 10.1. The number of benzene rings is 2. The number of nitrogens with two attached hydrogens (primary N) is 1. The lowest BCUT2D eigenvalue weighted by Crippen LogP contribution is -2.15. The average Bonchev–Trinajstić information content (AvgIpc) is 2.55. The van der Waals surface area contributed by atoms with E-state index in [-0.39, 0.29) is 17.5 Å². The van der Waals surface area contributed by atoms with Crippen LogP contribution in [0.2, 0.25) is 0 Å². The Morgan fingerprint density at radius 2 is 1.63 bits per heavy atom. The number of ether oxygens (including phenoxy) is 1. The molecule has 27 heavy (non-hydrogen) atoms. The molecular weight excluding hydrogens is 370 g/mol. The first kappa shape index (κ1) is 20.2. The van der Waals surface area contributed by atoms with E-state index in [4.69, 9.17) is 10.5 Å². The molecule has 2 aromatic carbocycles. The Balaban J connectivity index is 2.24. The summed E-state index contributed by atoms with van der Waals surface area (Å²) in [5.41, 5.74) is 6.51. The van der Waals surface area contributed by atoms with Crippen molar-refractivity contribution in [2.75, 3.05) is 16.3 Å². The molecule has 2 amide bonds. The number of primary amides is 1. The molecule has 0 spiro atoms. The maximum Gasteiger partial charge on any atom is 0.255 e. The molecule has 0 aliphatic heterocycles. The van der Waals surface area contributed by atoms with Crippen LogP contribution < -0.4 is 20.5 Å². The van der Waals surface area contributed by atoms with Gasteiger partial charge in [0.05, 0.1) is 18.0 Å². The third kappa shape index (κ3) is 6.00. The van der Waals surface area contributed by atoms with E-state index < -0.39 is 21.8 Å². The topological polar surface area (TPSA) is 128 Å². The maximum atomic E-state index is 12.4. The number of nitrogens with one attached hydrogen (secondary N) is 2. The van der Waals surface area contributed by atoms with Crippen molar-refractivity contribution in [3.63, 3.8) is 0 Å². The van der Waals surface area contributed by atoms with Gasteiger partial charge in [0.1, 0.15) is 5.75 Å². The molecule has 4 N–H and O–H groups in total. The summed E-state index contributed by atoms with van der Waals surface area (Å²) in [6, 6.07) is 10.5. The Labute approximate surface area is 157 Å². The Morgan fingerprint density at radius 1 is 1.04 bits per heavy atom. The van der Waals surface area contributed by atoms with E-state index in [9.17, 15) is 18.0 Å². The van der Waals surface area contributed by atoms with E-state index >= 15 is 0 Å². The number of hydrogen-bond acceptors (Lipinski definition) is 5. The molecule has 0 aromatic heterocycles. The quantitative estimate of drug-likeness (QED) is 0.667. The van der Waals surface area contributed by atoms with Crippen molar-refractivity contribution in [2.45, 2.75) is 20.0 Å². The zero-order valence-corrected chi connectivity index (χ0v) is 16.0.